The fraction of sp³-hybridized carbons (Fsp3) is 0.727. The molecule has 0 bridgehead atoms. The van der Waals surface area contributed by atoms with Crippen LogP contribution in [0.1, 0.15) is 36.1 Å². The summed E-state index contributed by atoms with van der Waals surface area (Å²) in [6.45, 7) is 3.95. The summed E-state index contributed by atoms with van der Waals surface area (Å²) in [6, 6.07) is 0.507. The van der Waals surface area contributed by atoms with Gasteiger partial charge in [-0.2, -0.15) is 0 Å². The Hall–Kier alpha value is -0.870. The third-order valence-corrected chi connectivity index (χ3v) is 3.19. The summed E-state index contributed by atoms with van der Waals surface area (Å²) in [4.78, 5) is 10.4. The summed E-state index contributed by atoms with van der Waals surface area (Å²) in [5, 5.41) is 0. The fourth-order valence-corrected chi connectivity index (χ4v) is 2.37. The van der Waals surface area contributed by atoms with Crippen molar-refractivity contribution in [1.82, 2.24) is 14.9 Å². The standard InChI is InChI=1S/C11H20N4/c1-8-11(9-4-3-7-15(9)2)14-10(13-8)5-6-12/h9H,3-7,12H2,1-2H3,(H,13,14). The minimum Gasteiger partial charge on any atom is -0.346 e. The molecule has 1 aliphatic rings. The number of rotatable bonds is 3. The van der Waals surface area contributed by atoms with Crippen molar-refractivity contribution in [2.75, 3.05) is 20.1 Å². The topological polar surface area (TPSA) is 57.9 Å². The van der Waals surface area contributed by atoms with E-state index in [1.807, 2.05) is 0 Å². The van der Waals surface area contributed by atoms with Crippen molar-refractivity contribution in [3.8, 4) is 0 Å². The molecular formula is C11H20N4. The van der Waals surface area contributed by atoms with Crippen LogP contribution >= 0.6 is 0 Å². The number of nitrogens with one attached hydrogen (secondary N) is 1. The van der Waals surface area contributed by atoms with Gasteiger partial charge in [0.2, 0.25) is 0 Å². The maximum absolute atomic E-state index is 5.53. The molecule has 1 atom stereocenters. The zero-order valence-corrected chi connectivity index (χ0v) is 9.58. The Balaban J connectivity index is 2.19. The average molecular weight is 208 g/mol. The molecular weight excluding hydrogens is 188 g/mol. The summed E-state index contributed by atoms with van der Waals surface area (Å²) in [5.74, 6) is 1.03. The maximum atomic E-state index is 5.53. The number of H-pyrrole nitrogens is 1. The molecule has 2 rings (SSSR count). The Morgan fingerprint density at radius 2 is 2.40 bits per heavy atom. The molecule has 84 valence electrons. The lowest BCUT2D eigenvalue weighted by Gasteiger charge is -2.17. The first-order valence-electron chi connectivity index (χ1n) is 5.68. The van der Waals surface area contributed by atoms with Crippen molar-refractivity contribution < 1.29 is 0 Å². The van der Waals surface area contributed by atoms with Gasteiger partial charge in [0.1, 0.15) is 5.82 Å². The Bertz CT molecular complexity index is 331. The smallest absolute Gasteiger partial charge is 0.107 e. The largest absolute Gasteiger partial charge is 0.346 e. The maximum Gasteiger partial charge on any atom is 0.107 e. The highest BCUT2D eigenvalue weighted by molar-refractivity contribution is 5.18. The van der Waals surface area contributed by atoms with Crippen LogP contribution in [0.2, 0.25) is 0 Å². The first-order valence-corrected chi connectivity index (χ1v) is 5.68. The molecule has 0 aromatic carbocycles. The van der Waals surface area contributed by atoms with Crippen LogP contribution in [0.25, 0.3) is 0 Å². The predicted molar refractivity (Wildman–Crippen MR) is 60.7 cm³/mol. The van der Waals surface area contributed by atoms with E-state index in [2.05, 4.69) is 28.8 Å². The molecule has 4 nitrogen and oxygen atoms in total. The Morgan fingerprint density at radius 3 is 3.00 bits per heavy atom. The molecule has 0 spiro atoms. The lowest BCUT2D eigenvalue weighted by Crippen LogP contribution is -2.18. The number of hydrogen-bond donors (Lipinski definition) is 2. The normalized spacial score (nSPS) is 22.5. The molecule has 0 radical (unpaired) electrons. The third kappa shape index (κ3) is 2.06. The van der Waals surface area contributed by atoms with E-state index in [1.165, 1.54) is 30.8 Å². The van der Waals surface area contributed by atoms with Gasteiger partial charge in [0.25, 0.3) is 0 Å². The van der Waals surface area contributed by atoms with Gasteiger partial charge in [-0.1, -0.05) is 0 Å². The number of aryl methyl sites for hydroxylation is 1. The highest BCUT2D eigenvalue weighted by atomic mass is 15.2. The van der Waals surface area contributed by atoms with Gasteiger partial charge in [-0.05, 0) is 39.9 Å². The van der Waals surface area contributed by atoms with E-state index in [0.29, 0.717) is 12.6 Å². The van der Waals surface area contributed by atoms with E-state index >= 15 is 0 Å². The van der Waals surface area contributed by atoms with Crippen molar-refractivity contribution in [3.63, 3.8) is 0 Å². The Morgan fingerprint density at radius 1 is 1.60 bits per heavy atom. The van der Waals surface area contributed by atoms with Crippen LogP contribution in [0, 0.1) is 6.92 Å². The van der Waals surface area contributed by atoms with Crippen LogP contribution in [-0.4, -0.2) is 35.0 Å². The minimum absolute atomic E-state index is 0.507. The number of nitrogens with two attached hydrogens (primary N) is 1. The highest BCUT2D eigenvalue weighted by Gasteiger charge is 2.26. The van der Waals surface area contributed by atoms with Crippen molar-refractivity contribution in [3.05, 3.63) is 17.2 Å². The van der Waals surface area contributed by atoms with Crippen LogP contribution in [-0.2, 0) is 6.42 Å². The van der Waals surface area contributed by atoms with Gasteiger partial charge in [0.15, 0.2) is 0 Å². The third-order valence-electron chi connectivity index (χ3n) is 3.19. The molecule has 1 aromatic rings. The molecule has 1 saturated heterocycles. The van der Waals surface area contributed by atoms with E-state index in [1.54, 1.807) is 0 Å². The van der Waals surface area contributed by atoms with Crippen molar-refractivity contribution in [2.45, 2.75) is 32.2 Å². The van der Waals surface area contributed by atoms with Crippen molar-refractivity contribution in [1.29, 1.82) is 0 Å². The second-order valence-electron chi connectivity index (χ2n) is 4.37. The van der Waals surface area contributed by atoms with Crippen LogP contribution in [0.4, 0.5) is 0 Å². The molecule has 1 fully saturated rings. The molecule has 3 N–H and O–H groups in total. The number of hydrogen-bond acceptors (Lipinski definition) is 3. The number of nitrogens with zero attached hydrogens (tertiary/aromatic N) is 2. The Kier molecular flexibility index (Phi) is 3.07. The minimum atomic E-state index is 0.507. The van der Waals surface area contributed by atoms with Crippen LogP contribution in [0.15, 0.2) is 0 Å². The lowest BCUT2D eigenvalue weighted by molar-refractivity contribution is 0.311. The van der Waals surface area contributed by atoms with Crippen molar-refractivity contribution >= 4 is 0 Å². The molecule has 4 heteroatoms. The summed E-state index contributed by atoms with van der Waals surface area (Å²) in [5.41, 5.74) is 7.96. The summed E-state index contributed by atoms with van der Waals surface area (Å²) >= 11 is 0. The van der Waals surface area contributed by atoms with Gasteiger partial charge in [0.05, 0.1) is 11.7 Å². The number of aromatic nitrogens is 2. The molecule has 1 aromatic heterocycles. The molecule has 0 saturated carbocycles. The molecule has 1 unspecified atom stereocenters. The van der Waals surface area contributed by atoms with E-state index in [9.17, 15) is 0 Å². The monoisotopic (exact) mass is 208 g/mol. The second kappa shape index (κ2) is 4.33. The fourth-order valence-electron chi connectivity index (χ4n) is 2.37. The number of aromatic amines is 1. The van der Waals surface area contributed by atoms with Gasteiger partial charge < -0.3 is 10.7 Å². The zero-order chi connectivity index (χ0) is 10.8. The number of imidazole rings is 1. The van der Waals surface area contributed by atoms with Crippen LogP contribution < -0.4 is 5.73 Å². The quantitative estimate of drug-likeness (QED) is 0.778. The van der Waals surface area contributed by atoms with E-state index in [4.69, 9.17) is 5.73 Å². The van der Waals surface area contributed by atoms with Gasteiger partial charge in [-0.25, -0.2) is 4.98 Å². The zero-order valence-electron chi connectivity index (χ0n) is 9.58. The second-order valence-corrected chi connectivity index (χ2v) is 4.37. The van der Waals surface area contributed by atoms with Gasteiger partial charge >= 0.3 is 0 Å². The van der Waals surface area contributed by atoms with Gasteiger partial charge in [-0.3, -0.25) is 4.90 Å². The first kappa shape index (κ1) is 10.6. The first-order chi connectivity index (χ1) is 7.22. The summed E-state index contributed by atoms with van der Waals surface area (Å²) in [6.07, 6.45) is 3.35. The molecule has 0 aliphatic carbocycles. The van der Waals surface area contributed by atoms with Gasteiger partial charge in [-0.15, -0.1) is 0 Å². The van der Waals surface area contributed by atoms with Gasteiger partial charge in [0, 0.05) is 12.1 Å². The summed E-state index contributed by atoms with van der Waals surface area (Å²) < 4.78 is 0. The Labute approximate surface area is 90.9 Å². The van der Waals surface area contributed by atoms with Crippen LogP contribution in [0.5, 0.6) is 0 Å². The lowest BCUT2D eigenvalue weighted by atomic mass is 10.1. The molecule has 1 aliphatic heterocycles. The van der Waals surface area contributed by atoms with Crippen molar-refractivity contribution in [2.24, 2.45) is 5.73 Å². The average Bonchev–Trinajstić information content (AvgIpc) is 2.73. The van der Waals surface area contributed by atoms with E-state index in [0.717, 1.165) is 12.2 Å². The van der Waals surface area contributed by atoms with E-state index < -0.39 is 0 Å². The number of likely N-dealkylation sites (tertiary alicyclic amines) is 1. The van der Waals surface area contributed by atoms with E-state index in [-0.39, 0.29) is 0 Å². The van der Waals surface area contributed by atoms with Crippen LogP contribution in [0.3, 0.4) is 0 Å². The molecule has 2 heterocycles. The SMILES string of the molecule is Cc1[nH]c(CCN)nc1C1CCCN1C. The summed E-state index contributed by atoms with van der Waals surface area (Å²) in [7, 11) is 2.17. The highest BCUT2D eigenvalue weighted by Crippen LogP contribution is 2.30. The molecule has 15 heavy (non-hydrogen) atoms. The molecule has 0 amide bonds. The predicted octanol–water partition coefficient (Wildman–Crippen LogP) is 0.986.